The molecule has 2 aliphatic rings. The first kappa shape index (κ1) is 15.3. The molecule has 110 valence electrons. The molecule has 1 aromatic carbocycles. The summed E-state index contributed by atoms with van der Waals surface area (Å²) in [5.41, 5.74) is 1.33. The van der Waals surface area contributed by atoms with Crippen LogP contribution in [0.3, 0.4) is 0 Å². The smallest absolute Gasteiger partial charge is 0.221 e. The Morgan fingerprint density at radius 1 is 1.35 bits per heavy atom. The molecule has 0 radical (unpaired) electrons. The van der Waals surface area contributed by atoms with Crippen molar-refractivity contribution in [1.29, 1.82) is 0 Å². The van der Waals surface area contributed by atoms with Crippen molar-refractivity contribution in [2.45, 2.75) is 30.8 Å². The highest BCUT2D eigenvalue weighted by atomic mass is 35.5. The van der Waals surface area contributed by atoms with Gasteiger partial charge in [-0.05, 0) is 12.0 Å². The Kier molecular flexibility index (Phi) is 5.40. The van der Waals surface area contributed by atoms with Crippen molar-refractivity contribution in [1.82, 2.24) is 10.6 Å². The van der Waals surface area contributed by atoms with Crippen LogP contribution < -0.4 is 10.6 Å². The molecule has 0 bridgehead atoms. The van der Waals surface area contributed by atoms with E-state index in [9.17, 15) is 4.79 Å². The van der Waals surface area contributed by atoms with E-state index in [0.29, 0.717) is 25.0 Å². The summed E-state index contributed by atoms with van der Waals surface area (Å²) in [6, 6.07) is 10.9. The largest absolute Gasteiger partial charge is 0.378 e. The van der Waals surface area contributed by atoms with Crippen LogP contribution in [0.25, 0.3) is 0 Å². The topological polar surface area (TPSA) is 50.4 Å². The molecule has 1 saturated carbocycles. The molecule has 3 atom stereocenters. The van der Waals surface area contributed by atoms with Crippen molar-refractivity contribution in [2.75, 3.05) is 19.8 Å². The number of ether oxygens (including phenoxy) is 1. The predicted molar refractivity (Wildman–Crippen MR) is 80.2 cm³/mol. The van der Waals surface area contributed by atoms with Crippen LogP contribution in [0.4, 0.5) is 0 Å². The fourth-order valence-electron chi connectivity index (χ4n) is 2.66. The van der Waals surface area contributed by atoms with Gasteiger partial charge in [0.15, 0.2) is 0 Å². The van der Waals surface area contributed by atoms with E-state index in [2.05, 4.69) is 34.9 Å². The third-order valence-corrected chi connectivity index (χ3v) is 3.79. The van der Waals surface area contributed by atoms with Crippen LogP contribution in [0.5, 0.6) is 0 Å². The van der Waals surface area contributed by atoms with E-state index in [4.69, 9.17) is 4.74 Å². The lowest BCUT2D eigenvalue weighted by Gasteiger charge is -2.23. The highest BCUT2D eigenvalue weighted by molar-refractivity contribution is 5.85. The molecule has 1 aliphatic heterocycles. The molecule has 1 aliphatic carbocycles. The second-order valence-electron chi connectivity index (χ2n) is 5.36. The first-order valence-electron chi connectivity index (χ1n) is 6.98. The summed E-state index contributed by atoms with van der Waals surface area (Å²) >= 11 is 0. The van der Waals surface area contributed by atoms with Gasteiger partial charge in [-0.1, -0.05) is 30.3 Å². The van der Waals surface area contributed by atoms with Crippen LogP contribution in [0, 0.1) is 0 Å². The van der Waals surface area contributed by atoms with E-state index in [1.54, 1.807) is 0 Å². The van der Waals surface area contributed by atoms with Crippen LogP contribution in [0.2, 0.25) is 0 Å². The average molecular weight is 297 g/mol. The summed E-state index contributed by atoms with van der Waals surface area (Å²) in [5.74, 6) is 0.632. The van der Waals surface area contributed by atoms with Crippen LogP contribution in [-0.4, -0.2) is 37.7 Å². The monoisotopic (exact) mass is 296 g/mol. The summed E-state index contributed by atoms with van der Waals surface area (Å²) in [5, 5.41) is 6.42. The Hall–Kier alpha value is -1.10. The molecule has 3 unspecified atom stereocenters. The van der Waals surface area contributed by atoms with Crippen molar-refractivity contribution in [2.24, 2.45) is 0 Å². The Labute approximate surface area is 125 Å². The lowest BCUT2D eigenvalue weighted by atomic mass is 10.1. The van der Waals surface area contributed by atoms with Gasteiger partial charge in [0.05, 0.1) is 13.2 Å². The van der Waals surface area contributed by atoms with E-state index < -0.39 is 0 Å². The number of benzene rings is 1. The van der Waals surface area contributed by atoms with E-state index in [0.717, 1.165) is 19.6 Å². The summed E-state index contributed by atoms with van der Waals surface area (Å²) in [4.78, 5) is 11.9. The first-order chi connectivity index (χ1) is 9.33. The zero-order valence-electron chi connectivity index (χ0n) is 11.4. The van der Waals surface area contributed by atoms with Gasteiger partial charge >= 0.3 is 0 Å². The molecular weight excluding hydrogens is 276 g/mol. The van der Waals surface area contributed by atoms with Crippen LogP contribution >= 0.6 is 12.4 Å². The van der Waals surface area contributed by atoms with Crippen LogP contribution in [0.15, 0.2) is 30.3 Å². The second kappa shape index (κ2) is 7.07. The lowest BCUT2D eigenvalue weighted by molar-refractivity contribution is -0.122. The number of hydrogen-bond acceptors (Lipinski definition) is 3. The fourth-order valence-corrected chi connectivity index (χ4v) is 2.66. The van der Waals surface area contributed by atoms with E-state index >= 15 is 0 Å². The maximum atomic E-state index is 11.9. The number of hydrogen-bond donors (Lipinski definition) is 2. The normalized spacial score (nSPS) is 28.3. The summed E-state index contributed by atoms with van der Waals surface area (Å²) in [6.45, 7) is 2.23. The Morgan fingerprint density at radius 2 is 2.15 bits per heavy atom. The zero-order valence-corrected chi connectivity index (χ0v) is 12.2. The van der Waals surface area contributed by atoms with Crippen molar-refractivity contribution in [3.8, 4) is 0 Å². The highest BCUT2D eigenvalue weighted by Crippen LogP contribution is 2.40. The van der Waals surface area contributed by atoms with E-state index in [1.807, 2.05) is 6.07 Å². The van der Waals surface area contributed by atoms with Gasteiger partial charge in [0.1, 0.15) is 0 Å². The molecule has 2 fully saturated rings. The van der Waals surface area contributed by atoms with Gasteiger partial charge in [0.2, 0.25) is 5.91 Å². The standard InChI is InChI=1S/C15H20N2O2.ClH/c18-15(8-12-10-19-7-6-16-12)17-14-9-13(14)11-4-2-1-3-5-11;/h1-5,12-14,16H,6-10H2,(H,17,18);1H. The number of morpholine rings is 1. The SMILES string of the molecule is Cl.O=C(CC1COCCN1)NC1CC1c1ccccc1. The minimum absolute atomic E-state index is 0. The second-order valence-corrected chi connectivity index (χ2v) is 5.36. The Balaban J connectivity index is 0.00000147. The van der Waals surface area contributed by atoms with Crippen LogP contribution in [0.1, 0.15) is 24.3 Å². The zero-order chi connectivity index (χ0) is 13.1. The van der Waals surface area contributed by atoms with Crippen molar-refractivity contribution in [3.63, 3.8) is 0 Å². The van der Waals surface area contributed by atoms with Gasteiger partial charge in [-0.15, -0.1) is 12.4 Å². The Morgan fingerprint density at radius 3 is 2.85 bits per heavy atom. The van der Waals surface area contributed by atoms with Crippen molar-refractivity contribution >= 4 is 18.3 Å². The molecular formula is C15H21ClN2O2. The van der Waals surface area contributed by atoms with E-state index in [1.165, 1.54) is 5.56 Å². The van der Waals surface area contributed by atoms with Gasteiger partial charge < -0.3 is 15.4 Å². The highest BCUT2D eigenvalue weighted by Gasteiger charge is 2.39. The summed E-state index contributed by atoms with van der Waals surface area (Å²) < 4.78 is 5.35. The molecule has 1 amide bonds. The molecule has 1 aromatic rings. The van der Waals surface area contributed by atoms with Crippen molar-refractivity contribution in [3.05, 3.63) is 35.9 Å². The maximum Gasteiger partial charge on any atom is 0.221 e. The van der Waals surface area contributed by atoms with Gasteiger partial charge in [-0.2, -0.15) is 0 Å². The molecule has 1 saturated heterocycles. The number of rotatable bonds is 4. The quantitative estimate of drug-likeness (QED) is 0.884. The third-order valence-electron chi connectivity index (χ3n) is 3.79. The molecule has 5 heteroatoms. The first-order valence-corrected chi connectivity index (χ1v) is 6.98. The van der Waals surface area contributed by atoms with Gasteiger partial charge in [-0.25, -0.2) is 0 Å². The molecule has 0 aromatic heterocycles. The summed E-state index contributed by atoms with van der Waals surface area (Å²) in [6.07, 6.45) is 1.57. The third kappa shape index (κ3) is 3.95. The maximum absolute atomic E-state index is 11.9. The minimum atomic E-state index is 0. The van der Waals surface area contributed by atoms with Gasteiger partial charge in [0, 0.05) is 31.0 Å². The minimum Gasteiger partial charge on any atom is -0.378 e. The number of amides is 1. The Bertz CT molecular complexity index is 435. The molecule has 2 N–H and O–H groups in total. The van der Waals surface area contributed by atoms with Gasteiger partial charge in [0.25, 0.3) is 0 Å². The molecule has 4 nitrogen and oxygen atoms in total. The number of carbonyl (C=O) groups excluding carboxylic acids is 1. The number of carbonyl (C=O) groups is 1. The summed E-state index contributed by atoms with van der Waals surface area (Å²) in [7, 11) is 0. The fraction of sp³-hybridized carbons (Fsp3) is 0.533. The average Bonchev–Trinajstić information content (AvgIpc) is 3.20. The van der Waals surface area contributed by atoms with Crippen molar-refractivity contribution < 1.29 is 9.53 Å². The van der Waals surface area contributed by atoms with E-state index in [-0.39, 0.29) is 24.4 Å². The predicted octanol–water partition coefficient (Wildman–Crippen LogP) is 1.46. The van der Waals surface area contributed by atoms with Gasteiger partial charge in [-0.3, -0.25) is 4.79 Å². The number of halogens is 1. The molecule has 1 heterocycles. The molecule has 20 heavy (non-hydrogen) atoms. The molecule has 3 rings (SSSR count). The number of nitrogens with one attached hydrogen (secondary N) is 2. The molecule has 0 spiro atoms. The lowest BCUT2D eigenvalue weighted by Crippen LogP contribution is -2.44. The van der Waals surface area contributed by atoms with Crippen LogP contribution in [-0.2, 0) is 9.53 Å².